The van der Waals surface area contributed by atoms with E-state index in [0.29, 0.717) is 23.2 Å². The fraction of sp³-hybridized carbons (Fsp3) is 0.136. The van der Waals surface area contributed by atoms with E-state index in [-0.39, 0.29) is 46.4 Å². The Labute approximate surface area is 309 Å². The van der Waals surface area contributed by atoms with Crippen molar-refractivity contribution in [3.63, 3.8) is 0 Å². The Hall–Kier alpha value is -6.94. The van der Waals surface area contributed by atoms with Crippen LogP contribution >= 0.6 is 0 Å². The Balaban J connectivity index is 0.940. The van der Waals surface area contributed by atoms with Crippen molar-refractivity contribution in [1.82, 2.24) is 19.8 Å². The average molecular weight is 717 g/mol. The number of benzene rings is 5. The van der Waals surface area contributed by atoms with Gasteiger partial charge in [0.05, 0.1) is 28.1 Å². The molecule has 268 valence electrons. The van der Waals surface area contributed by atoms with Crippen LogP contribution in [0.3, 0.4) is 0 Å². The van der Waals surface area contributed by atoms with Crippen molar-refractivity contribution in [1.29, 1.82) is 0 Å². The summed E-state index contributed by atoms with van der Waals surface area (Å²) in [7, 11) is 1.36. The third kappa shape index (κ3) is 7.22. The molecular weight excluding hydrogens is 681 g/mol. The highest BCUT2D eigenvalue weighted by molar-refractivity contribution is 5.98. The normalized spacial score (nSPS) is 11.4. The lowest BCUT2D eigenvalue weighted by Crippen LogP contribution is -2.26. The number of nitrogens with one attached hydrogen (secondary N) is 2. The number of nitrogens with zero attached hydrogens (tertiary/aromatic N) is 2. The number of carbonyl (C=O) groups is 2. The van der Waals surface area contributed by atoms with Gasteiger partial charge in [0.15, 0.2) is 0 Å². The molecule has 0 atom stereocenters. The smallest absolute Gasteiger partial charge is 0.261 e. The molecule has 0 aliphatic rings. The molecule has 2 heterocycles. The van der Waals surface area contributed by atoms with Gasteiger partial charge in [-0.05, 0) is 76.2 Å². The van der Waals surface area contributed by atoms with Crippen LogP contribution in [0.25, 0.3) is 33.7 Å². The first-order chi connectivity index (χ1) is 26.1. The Kier molecular flexibility index (Phi) is 9.83. The second kappa shape index (κ2) is 15.0. The Morgan fingerprint density at radius 1 is 0.537 bits per heavy atom. The minimum Gasteiger partial charge on any atom is -0.348 e. The van der Waals surface area contributed by atoms with E-state index in [1.54, 1.807) is 36.4 Å². The molecule has 0 unspecified atom stereocenters. The number of rotatable bonds is 11. The van der Waals surface area contributed by atoms with E-state index in [1.807, 2.05) is 60.7 Å². The fourth-order valence-corrected chi connectivity index (χ4v) is 6.52. The van der Waals surface area contributed by atoms with Crippen molar-refractivity contribution >= 4 is 45.5 Å². The molecule has 0 radical (unpaired) electrons. The second-order valence-corrected chi connectivity index (χ2v) is 13.2. The predicted octanol–water partition coefficient (Wildman–Crippen LogP) is 5.09. The number of aromatic nitrogens is 2. The molecule has 0 aliphatic heterocycles. The van der Waals surface area contributed by atoms with Crippen molar-refractivity contribution in [2.45, 2.75) is 33.0 Å². The third-order valence-electron chi connectivity index (χ3n) is 9.63. The molecule has 10 nitrogen and oxygen atoms in total. The summed E-state index contributed by atoms with van der Waals surface area (Å²) in [6.07, 6.45) is 4.82. The topological polar surface area (TPSA) is 136 Å². The predicted molar refractivity (Wildman–Crippen MR) is 211 cm³/mol. The van der Waals surface area contributed by atoms with E-state index in [1.165, 1.54) is 24.7 Å². The van der Waals surface area contributed by atoms with Crippen LogP contribution < -0.4 is 32.9 Å². The zero-order valence-corrected chi connectivity index (χ0v) is 29.7. The van der Waals surface area contributed by atoms with Crippen molar-refractivity contribution in [3.8, 4) is 0 Å². The highest BCUT2D eigenvalue weighted by Crippen LogP contribution is 2.16. The summed E-state index contributed by atoms with van der Waals surface area (Å²) in [4.78, 5) is 76.9. The van der Waals surface area contributed by atoms with E-state index in [0.717, 1.165) is 37.8 Å². The van der Waals surface area contributed by atoms with Gasteiger partial charge >= 0.3 is 0 Å². The molecule has 2 amide bonds. The van der Waals surface area contributed by atoms with Gasteiger partial charge < -0.3 is 10.6 Å². The lowest BCUT2D eigenvalue weighted by Gasteiger charge is -2.08. The molecule has 0 fully saturated rings. The summed E-state index contributed by atoms with van der Waals surface area (Å²) in [5, 5.41) is 6.31. The van der Waals surface area contributed by atoms with Gasteiger partial charge in [-0.1, -0.05) is 91.9 Å². The van der Waals surface area contributed by atoms with E-state index in [9.17, 15) is 28.8 Å². The molecule has 2 aromatic heterocycles. The number of carbonyl (C=O) groups excluding carboxylic acids is 2. The minimum atomic E-state index is -0.535. The molecule has 0 saturated heterocycles. The Morgan fingerprint density at radius 2 is 0.944 bits per heavy atom. The monoisotopic (exact) mass is 716 g/mol. The molecule has 0 spiro atoms. The lowest BCUT2D eigenvalue weighted by molar-refractivity contribution is 0.0943. The second-order valence-electron chi connectivity index (χ2n) is 13.2. The lowest BCUT2D eigenvalue weighted by atomic mass is 10.1. The summed E-state index contributed by atoms with van der Waals surface area (Å²) in [6, 6.07) is 32.6. The number of aryl methyl sites for hydroxylation is 1. The average Bonchev–Trinajstić information content (AvgIpc) is 3.56. The zero-order chi connectivity index (χ0) is 37.9. The van der Waals surface area contributed by atoms with E-state index in [4.69, 9.17) is 0 Å². The first-order valence-electron chi connectivity index (χ1n) is 17.6. The first-order valence-corrected chi connectivity index (χ1v) is 17.6. The van der Waals surface area contributed by atoms with Gasteiger partial charge in [0.2, 0.25) is 0 Å². The summed E-state index contributed by atoms with van der Waals surface area (Å²) in [6.45, 7) is 2.78. The summed E-state index contributed by atoms with van der Waals surface area (Å²) in [5.74, 6) is -0.391. The van der Waals surface area contributed by atoms with Gasteiger partial charge in [-0.25, -0.2) is 0 Å². The van der Waals surface area contributed by atoms with Gasteiger partial charge in [-0.3, -0.25) is 37.9 Å². The van der Waals surface area contributed by atoms with Crippen LogP contribution in [0.4, 0.5) is 0 Å². The SMILES string of the molecule is CCc1cccc(CNC(=O)c2ccc(/C=C/c3ccc(C(=O)NCc4cccc(Cn5c(=O)c6cc7c(=O)n(C)c(=O)c7cc6c5=O)c4)cc3)cc2)c1. The van der Waals surface area contributed by atoms with Gasteiger partial charge in [0, 0.05) is 31.3 Å². The molecule has 5 aromatic carbocycles. The van der Waals surface area contributed by atoms with Crippen molar-refractivity contribution in [3.05, 3.63) is 195 Å². The van der Waals surface area contributed by atoms with Crippen LogP contribution in [-0.4, -0.2) is 20.9 Å². The quantitative estimate of drug-likeness (QED) is 0.179. The molecule has 7 aromatic rings. The molecule has 10 heteroatoms. The maximum Gasteiger partial charge on any atom is 0.261 e. The van der Waals surface area contributed by atoms with E-state index in [2.05, 4.69) is 29.7 Å². The highest BCUT2D eigenvalue weighted by Gasteiger charge is 2.19. The minimum absolute atomic E-state index is 0.0103. The Bertz CT molecular complexity index is 2720. The van der Waals surface area contributed by atoms with Crippen LogP contribution in [0.1, 0.15) is 61.0 Å². The molecule has 0 aliphatic carbocycles. The number of fused-ring (bicyclic) bond motifs is 2. The maximum atomic E-state index is 13.2. The summed E-state index contributed by atoms with van der Waals surface area (Å²) >= 11 is 0. The van der Waals surface area contributed by atoms with Gasteiger partial charge in [0.25, 0.3) is 34.1 Å². The van der Waals surface area contributed by atoms with Crippen LogP contribution in [0, 0.1) is 0 Å². The number of hydrogen-bond acceptors (Lipinski definition) is 6. The third-order valence-corrected chi connectivity index (χ3v) is 9.63. The van der Waals surface area contributed by atoms with Crippen molar-refractivity contribution in [2.24, 2.45) is 7.05 Å². The van der Waals surface area contributed by atoms with E-state index < -0.39 is 22.2 Å². The zero-order valence-electron chi connectivity index (χ0n) is 29.7. The number of hydrogen-bond donors (Lipinski definition) is 2. The van der Waals surface area contributed by atoms with Crippen molar-refractivity contribution in [2.75, 3.05) is 0 Å². The van der Waals surface area contributed by atoms with Crippen LogP contribution in [-0.2, 0) is 33.1 Å². The van der Waals surface area contributed by atoms with Crippen molar-refractivity contribution < 1.29 is 9.59 Å². The van der Waals surface area contributed by atoms with Crippen LogP contribution in [0.5, 0.6) is 0 Å². The van der Waals surface area contributed by atoms with Gasteiger partial charge in [-0.2, -0.15) is 0 Å². The van der Waals surface area contributed by atoms with E-state index >= 15 is 0 Å². The molecule has 0 saturated carbocycles. The van der Waals surface area contributed by atoms with Gasteiger partial charge in [-0.15, -0.1) is 0 Å². The molecule has 7 rings (SSSR count). The summed E-state index contributed by atoms with van der Waals surface area (Å²) in [5.41, 5.74) is 4.57. The Morgan fingerprint density at radius 3 is 1.41 bits per heavy atom. The first kappa shape index (κ1) is 35.5. The maximum absolute atomic E-state index is 13.2. The van der Waals surface area contributed by atoms with Crippen LogP contribution in [0.2, 0.25) is 0 Å². The molecule has 0 bridgehead atoms. The number of amides is 2. The van der Waals surface area contributed by atoms with Crippen LogP contribution in [0.15, 0.2) is 128 Å². The summed E-state index contributed by atoms with van der Waals surface area (Å²) < 4.78 is 2.06. The molecule has 54 heavy (non-hydrogen) atoms. The standard InChI is InChI=1S/C44H36N4O6/c1-3-27-6-4-7-30(20-27)24-45-39(49)33-16-12-28(13-17-33)10-11-29-14-18-34(19-15-29)40(50)46-25-31-8-5-9-32(21-31)26-48-43(53)37-22-35-36(23-38(37)44(48)54)42(52)47(2)41(35)51/h4-23H,3,24-26H2,1-2H3,(H,45,49)(H,46,50)/b11-10+. The van der Waals surface area contributed by atoms with Gasteiger partial charge in [0.1, 0.15) is 0 Å². The fourth-order valence-electron chi connectivity index (χ4n) is 6.52. The molecule has 2 N–H and O–H groups in total. The largest absolute Gasteiger partial charge is 0.348 e. The molecular formula is C44H36N4O6. The highest BCUT2D eigenvalue weighted by atomic mass is 16.2.